The average Bonchev–Trinajstić information content (AvgIpc) is 2.36. The normalized spacial score (nSPS) is 27.4. The molecular weight excluding hydrogens is 279 g/mol. The zero-order valence-electron chi connectivity index (χ0n) is 11.8. The van der Waals surface area contributed by atoms with Crippen LogP contribution in [0.3, 0.4) is 0 Å². The summed E-state index contributed by atoms with van der Waals surface area (Å²) in [6.07, 6.45) is 2.60. The maximum absolute atomic E-state index is 13.2. The van der Waals surface area contributed by atoms with Crippen molar-refractivity contribution in [3.63, 3.8) is 0 Å². The molecule has 1 aliphatic carbocycles. The molecule has 112 valence electrons. The fourth-order valence-electron chi connectivity index (χ4n) is 2.68. The third-order valence-corrected chi connectivity index (χ3v) is 5.76. The second kappa shape index (κ2) is 5.69. The monoisotopic (exact) mass is 300 g/mol. The van der Waals surface area contributed by atoms with Gasteiger partial charge in [0.05, 0.1) is 5.69 Å². The van der Waals surface area contributed by atoms with Gasteiger partial charge in [-0.15, -0.1) is 0 Å². The van der Waals surface area contributed by atoms with Gasteiger partial charge in [-0.2, -0.15) is 0 Å². The molecule has 2 rings (SSSR count). The topological polar surface area (TPSA) is 72.2 Å². The van der Waals surface area contributed by atoms with Gasteiger partial charge in [-0.05, 0) is 49.3 Å². The number of nitrogens with one attached hydrogen (secondary N) is 1. The molecule has 0 saturated heterocycles. The number of anilines is 1. The van der Waals surface area contributed by atoms with Crippen LogP contribution in [0.15, 0.2) is 23.1 Å². The Morgan fingerprint density at radius 1 is 1.25 bits per heavy atom. The molecule has 0 heterocycles. The molecule has 1 saturated carbocycles. The first-order chi connectivity index (χ1) is 9.29. The van der Waals surface area contributed by atoms with E-state index in [0.29, 0.717) is 11.8 Å². The van der Waals surface area contributed by atoms with Crippen LogP contribution < -0.4 is 10.5 Å². The maximum atomic E-state index is 13.2. The van der Waals surface area contributed by atoms with E-state index in [1.807, 2.05) is 0 Å². The highest BCUT2D eigenvalue weighted by Gasteiger charge is 2.29. The van der Waals surface area contributed by atoms with Gasteiger partial charge in [-0.25, -0.2) is 17.5 Å². The number of benzene rings is 1. The molecule has 20 heavy (non-hydrogen) atoms. The van der Waals surface area contributed by atoms with E-state index < -0.39 is 15.8 Å². The Morgan fingerprint density at radius 3 is 2.60 bits per heavy atom. The summed E-state index contributed by atoms with van der Waals surface area (Å²) in [6, 6.07) is 3.29. The zero-order valence-corrected chi connectivity index (χ0v) is 12.6. The molecule has 3 atom stereocenters. The van der Waals surface area contributed by atoms with Crippen LogP contribution in [0.25, 0.3) is 0 Å². The predicted octanol–water partition coefficient (Wildman–Crippen LogP) is 2.51. The Labute approximate surface area is 119 Å². The largest absolute Gasteiger partial charge is 0.398 e. The highest BCUT2D eigenvalue weighted by Crippen LogP contribution is 2.30. The molecule has 0 aromatic heterocycles. The summed E-state index contributed by atoms with van der Waals surface area (Å²) < 4.78 is 40.5. The molecule has 0 bridgehead atoms. The van der Waals surface area contributed by atoms with E-state index in [-0.39, 0.29) is 16.6 Å². The lowest BCUT2D eigenvalue weighted by atomic mass is 9.79. The van der Waals surface area contributed by atoms with Crippen molar-refractivity contribution in [2.75, 3.05) is 5.73 Å². The highest BCUT2D eigenvalue weighted by atomic mass is 32.2. The summed E-state index contributed by atoms with van der Waals surface area (Å²) in [5.74, 6) is 0.474. The molecule has 4 nitrogen and oxygen atoms in total. The lowest BCUT2D eigenvalue weighted by Gasteiger charge is -2.32. The molecular formula is C14H21FN2O2S. The molecule has 1 aliphatic rings. The van der Waals surface area contributed by atoms with Gasteiger partial charge in [0.1, 0.15) is 10.7 Å². The van der Waals surface area contributed by atoms with Crippen LogP contribution >= 0.6 is 0 Å². The predicted molar refractivity (Wildman–Crippen MR) is 77.1 cm³/mol. The Morgan fingerprint density at radius 2 is 1.95 bits per heavy atom. The Hall–Kier alpha value is -1.14. The summed E-state index contributed by atoms with van der Waals surface area (Å²) in [7, 11) is -3.77. The van der Waals surface area contributed by atoms with Crippen LogP contribution in [0, 0.1) is 17.7 Å². The van der Waals surface area contributed by atoms with Gasteiger partial charge >= 0.3 is 0 Å². The Balaban J connectivity index is 2.17. The molecule has 0 amide bonds. The number of nitrogen functional groups attached to an aromatic ring is 1. The van der Waals surface area contributed by atoms with E-state index in [4.69, 9.17) is 5.73 Å². The first kappa shape index (κ1) is 15.3. The fraction of sp³-hybridized carbons (Fsp3) is 0.571. The fourth-order valence-corrected chi connectivity index (χ4v) is 4.10. The van der Waals surface area contributed by atoms with Gasteiger partial charge in [0, 0.05) is 6.04 Å². The van der Waals surface area contributed by atoms with Gasteiger partial charge < -0.3 is 5.73 Å². The summed E-state index contributed by atoms with van der Waals surface area (Å²) in [5, 5.41) is 0. The van der Waals surface area contributed by atoms with E-state index in [1.165, 1.54) is 6.07 Å². The molecule has 1 aromatic rings. The minimum atomic E-state index is -3.77. The summed E-state index contributed by atoms with van der Waals surface area (Å²) in [4.78, 5) is -0.177. The van der Waals surface area contributed by atoms with Crippen LogP contribution in [0.1, 0.15) is 33.1 Å². The number of rotatable bonds is 3. The Bertz CT molecular complexity index is 589. The van der Waals surface area contributed by atoms with Crippen molar-refractivity contribution < 1.29 is 12.8 Å². The molecule has 0 spiro atoms. The summed E-state index contributed by atoms with van der Waals surface area (Å²) >= 11 is 0. The van der Waals surface area contributed by atoms with Crippen molar-refractivity contribution in [1.29, 1.82) is 0 Å². The van der Waals surface area contributed by atoms with Gasteiger partial charge in [0.25, 0.3) is 0 Å². The van der Waals surface area contributed by atoms with E-state index in [9.17, 15) is 12.8 Å². The maximum Gasteiger partial charge on any atom is 0.242 e. The summed E-state index contributed by atoms with van der Waals surface area (Å²) in [6.45, 7) is 4.31. The standard InChI is InChI=1S/C14H21FN2O2S/c1-9-3-5-12(7-10(9)2)17-20(18,19)14-8-11(15)4-6-13(14)16/h4,6,8-10,12,17H,3,5,7,16H2,1-2H3. The number of hydrogen-bond acceptors (Lipinski definition) is 3. The first-order valence-electron chi connectivity index (χ1n) is 6.87. The molecule has 1 fully saturated rings. The van der Waals surface area contributed by atoms with Gasteiger partial charge in [0.2, 0.25) is 10.0 Å². The lowest BCUT2D eigenvalue weighted by Crippen LogP contribution is -2.40. The number of hydrogen-bond donors (Lipinski definition) is 2. The van der Waals surface area contributed by atoms with Gasteiger partial charge in [-0.1, -0.05) is 13.8 Å². The molecule has 3 N–H and O–H groups in total. The third-order valence-electron chi connectivity index (χ3n) is 4.19. The number of sulfonamides is 1. The van der Waals surface area contributed by atoms with E-state index in [1.54, 1.807) is 0 Å². The van der Waals surface area contributed by atoms with E-state index in [0.717, 1.165) is 31.4 Å². The van der Waals surface area contributed by atoms with Crippen molar-refractivity contribution in [1.82, 2.24) is 4.72 Å². The molecule has 1 aromatic carbocycles. The van der Waals surface area contributed by atoms with E-state index in [2.05, 4.69) is 18.6 Å². The average molecular weight is 300 g/mol. The van der Waals surface area contributed by atoms with Gasteiger partial charge in [-0.3, -0.25) is 0 Å². The lowest BCUT2D eigenvalue weighted by molar-refractivity contribution is 0.242. The van der Waals surface area contributed by atoms with Crippen molar-refractivity contribution in [2.24, 2.45) is 11.8 Å². The van der Waals surface area contributed by atoms with Crippen LogP contribution in [0.4, 0.5) is 10.1 Å². The minimum absolute atomic E-state index is 0.0659. The summed E-state index contributed by atoms with van der Waals surface area (Å²) in [5.41, 5.74) is 5.71. The smallest absolute Gasteiger partial charge is 0.242 e. The molecule has 6 heteroatoms. The van der Waals surface area contributed by atoms with E-state index >= 15 is 0 Å². The SMILES string of the molecule is CC1CCC(NS(=O)(=O)c2cc(F)ccc2N)CC1C. The molecule has 0 radical (unpaired) electrons. The van der Waals surface area contributed by atoms with Crippen LogP contribution in [-0.2, 0) is 10.0 Å². The van der Waals surface area contributed by atoms with Crippen LogP contribution in [-0.4, -0.2) is 14.5 Å². The van der Waals surface area contributed by atoms with Crippen molar-refractivity contribution in [3.8, 4) is 0 Å². The van der Waals surface area contributed by atoms with Crippen LogP contribution in [0.5, 0.6) is 0 Å². The zero-order chi connectivity index (χ0) is 14.9. The second-order valence-corrected chi connectivity index (χ2v) is 7.45. The van der Waals surface area contributed by atoms with Crippen LogP contribution in [0.2, 0.25) is 0 Å². The van der Waals surface area contributed by atoms with Crippen molar-refractivity contribution >= 4 is 15.7 Å². The number of halogens is 1. The van der Waals surface area contributed by atoms with Crippen molar-refractivity contribution in [3.05, 3.63) is 24.0 Å². The highest BCUT2D eigenvalue weighted by molar-refractivity contribution is 7.89. The molecule has 3 unspecified atom stereocenters. The first-order valence-corrected chi connectivity index (χ1v) is 8.35. The quantitative estimate of drug-likeness (QED) is 0.843. The van der Waals surface area contributed by atoms with Gasteiger partial charge in [0.15, 0.2) is 0 Å². The minimum Gasteiger partial charge on any atom is -0.398 e. The molecule has 0 aliphatic heterocycles. The Kier molecular flexibility index (Phi) is 4.34. The number of nitrogens with two attached hydrogens (primary N) is 1. The second-order valence-electron chi connectivity index (χ2n) is 5.77. The third kappa shape index (κ3) is 3.30. The van der Waals surface area contributed by atoms with Crippen molar-refractivity contribution in [2.45, 2.75) is 44.0 Å².